The molecule has 0 bridgehead atoms. The molecule has 1 aromatic heterocycles. The van der Waals surface area contributed by atoms with E-state index in [1.807, 2.05) is 0 Å². The molecule has 0 saturated heterocycles. The predicted molar refractivity (Wildman–Crippen MR) is 126 cm³/mol. The SMILES string of the molecule is COC(=O)Cn1c(=O)c(C(=O)COC(=O)c2ccc(Br)cc2)c(N)n(Cc2ccccc2)c1=O. The highest BCUT2D eigenvalue weighted by molar-refractivity contribution is 9.10. The quantitative estimate of drug-likeness (QED) is 0.342. The monoisotopic (exact) mass is 529 g/mol. The van der Waals surface area contributed by atoms with Gasteiger partial charge in [-0.15, -0.1) is 0 Å². The van der Waals surface area contributed by atoms with Gasteiger partial charge in [0.2, 0.25) is 5.78 Å². The molecule has 2 aromatic carbocycles. The number of benzene rings is 2. The van der Waals surface area contributed by atoms with Gasteiger partial charge in [-0.05, 0) is 29.8 Å². The van der Waals surface area contributed by atoms with Crippen molar-refractivity contribution in [2.45, 2.75) is 13.1 Å². The van der Waals surface area contributed by atoms with E-state index >= 15 is 0 Å². The standard InChI is InChI=1S/C23H20BrN3O7/c1-33-18(29)12-27-21(30)19(17(28)13-34-22(31)15-7-9-16(24)10-8-15)20(25)26(23(27)32)11-14-5-3-2-4-6-14/h2-10H,11-13,25H2,1H3. The van der Waals surface area contributed by atoms with Crippen molar-refractivity contribution in [3.8, 4) is 0 Å². The third-order valence-corrected chi connectivity index (χ3v) is 5.39. The summed E-state index contributed by atoms with van der Waals surface area (Å²) >= 11 is 3.25. The number of carbonyl (C=O) groups is 3. The summed E-state index contributed by atoms with van der Waals surface area (Å²) in [5.41, 5.74) is 4.39. The Morgan fingerprint density at radius 1 is 0.971 bits per heavy atom. The minimum Gasteiger partial charge on any atom is -0.468 e. The van der Waals surface area contributed by atoms with Crippen molar-refractivity contribution in [1.29, 1.82) is 0 Å². The number of nitrogen functional groups attached to an aromatic ring is 1. The molecule has 0 amide bonds. The van der Waals surface area contributed by atoms with Gasteiger partial charge in [0.05, 0.1) is 19.2 Å². The molecule has 10 nitrogen and oxygen atoms in total. The number of esters is 2. The van der Waals surface area contributed by atoms with Gasteiger partial charge in [-0.2, -0.15) is 0 Å². The second-order valence-electron chi connectivity index (χ2n) is 7.09. The Labute approximate surface area is 201 Å². The fourth-order valence-corrected chi connectivity index (χ4v) is 3.37. The number of aromatic nitrogens is 2. The number of ether oxygens (including phenoxy) is 2. The average Bonchev–Trinajstić information content (AvgIpc) is 2.84. The summed E-state index contributed by atoms with van der Waals surface area (Å²) in [5, 5.41) is 0. The van der Waals surface area contributed by atoms with Crippen molar-refractivity contribution >= 4 is 39.5 Å². The number of ketones is 1. The lowest BCUT2D eigenvalue weighted by Gasteiger charge is -2.16. The highest BCUT2D eigenvalue weighted by Crippen LogP contribution is 2.13. The number of carbonyl (C=O) groups excluding carboxylic acids is 3. The van der Waals surface area contributed by atoms with Crippen molar-refractivity contribution in [3.05, 3.63) is 96.6 Å². The Hall–Kier alpha value is -3.99. The van der Waals surface area contributed by atoms with Gasteiger partial charge in [-0.3, -0.25) is 19.0 Å². The summed E-state index contributed by atoms with van der Waals surface area (Å²) in [6.07, 6.45) is 0. The van der Waals surface area contributed by atoms with Gasteiger partial charge in [0.25, 0.3) is 5.56 Å². The number of anilines is 1. The number of nitrogens with two attached hydrogens (primary N) is 1. The predicted octanol–water partition coefficient (Wildman–Crippen LogP) is 1.62. The molecular weight excluding hydrogens is 510 g/mol. The maximum absolute atomic E-state index is 13.0. The van der Waals surface area contributed by atoms with Crippen LogP contribution in [0.4, 0.5) is 5.82 Å². The lowest BCUT2D eigenvalue weighted by Crippen LogP contribution is -2.46. The van der Waals surface area contributed by atoms with E-state index in [0.29, 0.717) is 10.1 Å². The number of Topliss-reactive ketones (excluding diaryl/α,β-unsaturated/α-hetero) is 1. The van der Waals surface area contributed by atoms with E-state index in [0.717, 1.165) is 16.1 Å². The van der Waals surface area contributed by atoms with Gasteiger partial charge in [0.15, 0.2) is 6.61 Å². The third kappa shape index (κ3) is 5.49. The zero-order valence-electron chi connectivity index (χ0n) is 18.0. The van der Waals surface area contributed by atoms with Crippen molar-refractivity contribution in [2.75, 3.05) is 19.5 Å². The fraction of sp³-hybridized carbons (Fsp3) is 0.174. The summed E-state index contributed by atoms with van der Waals surface area (Å²) in [6, 6.07) is 15.0. The Kier molecular flexibility index (Phi) is 7.79. The van der Waals surface area contributed by atoms with E-state index < -0.39 is 53.5 Å². The molecule has 3 aromatic rings. The second-order valence-corrected chi connectivity index (χ2v) is 8.00. The second kappa shape index (κ2) is 10.8. The molecule has 3 rings (SSSR count). The normalized spacial score (nSPS) is 10.5. The lowest BCUT2D eigenvalue weighted by molar-refractivity contribution is -0.141. The Morgan fingerprint density at radius 3 is 2.24 bits per heavy atom. The van der Waals surface area contributed by atoms with Crippen LogP contribution in [0, 0.1) is 0 Å². The van der Waals surface area contributed by atoms with E-state index in [4.69, 9.17) is 10.5 Å². The average molecular weight is 530 g/mol. The van der Waals surface area contributed by atoms with E-state index in [-0.39, 0.29) is 12.1 Å². The number of rotatable bonds is 8. The highest BCUT2D eigenvalue weighted by atomic mass is 79.9. The molecular formula is C23H20BrN3O7. The van der Waals surface area contributed by atoms with Gasteiger partial charge in [0.1, 0.15) is 17.9 Å². The summed E-state index contributed by atoms with van der Waals surface area (Å²) in [7, 11) is 1.10. The molecule has 0 saturated carbocycles. The van der Waals surface area contributed by atoms with Crippen LogP contribution >= 0.6 is 15.9 Å². The number of nitrogens with zero attached hydrogens (tertiary/aromatic N) is 2. The van der Waals surface area contributed by atoms with E-state index in [9.17, 15) is 24.0 Å². The van der Waals surface area contributed by atoms with E-state index in [1.165, 1.54) is 12.1 Å². The van der Waals surface area contributed by atoms with Crippen LogP contribution in [0.15, 0.2) is 68.7 Å². The Balaban J connectivity index is 1.98. The smallest absolute Gasteiger partial charge is 0.338 e. The first-order valence-corrected chi connectivity index (χ1v) is 10.7. The number of hydrogen-bond donors (Lipinski definition) is 1. The van der Waals surface area contributed by atoms with Gasteiger partial charge < -0.3 is 15.2 Å². The molecule has 0 spiro atoms. The highest BCUT2D eigenvalue weighted by Gasteiger charge is 2.25. The molecule has 2 N–H and O–H groups in total. The summed E-state index contributed by atoms with van der Waals surface area (Å²) in [6.45, 7) is -1.58. The summed E-state index contributed by atoms with van der Waals surface area (Å²) in [5.74, 6) is -2.97. The van der Waals surface area contributed by atoms with Gasteiger partial charge in [0, 0.05) is 4.47 Å². The van der Waals surface area contributed by atoms with Crippen LogP contribution in [0.3, 0.4) is 0 Å². The van der Waals surface area contributed by atoms with Gasteiger partial charge in [-0.1, -0.05) is 46.3 Å². The van der Waals surface area contributed by atoms with Crippen LogP contribution in [-0.2, 0) is 27.4 Å². The minimum absolute atomic E-state index is 0.0636. The fourth-order valence-electron chi connectivity index (χ4n) is 3.10. The maximum atomic E-state index is 13.0. The molecule has 0 aliphatic carbocycles. The number of hydrogen-bond acceptors (Lipinski definition) is 8. The molecule has 34 heavy (non-hydrogen) atoms. The maximum Gasteiger partial charge on any atom is 0.338 e. The molecule has 0 aliphatic rings. The molecule has 0 fully saturated rings. The zero-order chi connectivity index (χ0) is 24.8. The van der Waals surface area contributed by atoms with E-state index in [2.05, 4.69) is 20.7 Å². The van der Waals surface area contributed by atoms with Crippen molar-refractivity contribution < 1.29 is 23.9 Å². The lowest BCUT2D eigenvalue weighted by atomic mass is 10.1. The largest absolute Gasteiger partial charge is 0.468 e. The van der Waals surface area contributed by atoms with Crippen LogP contribution in [0.2, 0.25) is 0 Å². The molecule has 176 valence electrons. The summed E-state index contributed by atoms with van der Waals surface area (Å²) < 4.78 is 11.9. The molecule has 11 heteroatoms. The summed E-state index contributed by atoms with van der Waals surface area (Å²) in [4.78, 5) is 62.9. The van der Waals surface area contributed by atoms with Crippen LogP contribution in [0.5, 0.6) is 0 Å². The first kappa shape index (κ1) is 24.6. The molecule has 0 atom stereocenters. The first-order chi connectivity index (χ1) is 16.2. The van der Waals surface area contributed by atoms with Crippen LogP contribution in [0.25, 0.3) is 0 Å². The van der Waals surface area contributed by atoms with Crippen molar-refractivity contribution in [2.24, 2.45) is 0 Å². The minimum atomic E-state index is -1.08. The van der Waals surface area contributed by atoms with E-state index in [1.54, 1.807) is 42.5 Å². The number of methoxy groups -OCH3 is 1. The van der Waals surface area contributed by atoms with Crippen LogP contribution in [0.1, 0.15) is 26.3 Å². The zero-order valence-corrected chi connectivity index (χ0v) is 19.6. The molecule has 0 radical (unpaired) electrons. The molecule has 0 aliphatic heterocycles. The van der Waals surface area contributed by atoms with Crippen LogP contribution in [-0.4, -0.2) is 40.6 Å². The topological polar surface area (TPSA) is 140 Å². The van der Waals surface area contributed by atoms with Crippen molar-refractivity contribution in [1.82, 2.24) is 9.13 Å². The molecule has 1 heterocycles. The van der Waals surface area contributed by atoms with Gasteiger partial charge in [-0.25, -0.2) is 14.2 Å². The van der Waals surface area contributed by atoms with Crippen LogP contribution < -0.4 is 17.0 Å². The molecule has 0 unspecified atom stereocenters. The number of halogens is 1. The van der Waals surface area contributed by atoms with Gasteiger partial charge >= 0.3 is 17.6 Å². The van der Waals surface area contributed by atoms with Crippen molar-refractivity contribution in [3.63, 3.8) is 0 Å². The third-order valence-electron chi connectivity index (χ3n) is 4.86. The first-order valence-electron chi connectivity index (χ1n) is 9.92. The Bertz CT molecular complexity index is 1350. The Morgan fingerprint density at radius 2 is 1.62 bits per heavy atom.